The highest BCUT2D eigenvalue weighted by Gasteiger charge is 2.28. The van der Waals surface area contributed by atoms with E-state index in [0.717, 1.165) is 47.3 Å². The van der Waals surface area contributed by atoms with Gasteiger partial charge in [-0.05, 0) is 66.0 Å². The Morgan fingerprint density at radius 1 is 0.902 bits per heavy atom. The van der Waals surface area contributed by atoms with Crippen LogP contribution in [0.1, 0.15) is 54.5 Å². The number of benzene rings is 4. The Morgan fingerprint density at radius 3 is 2.46 bits per heavy atom. The van der Waals surface area contributed by atoms with E-state index in [4.69, 9.17) is 4.74 Å². The van der Waals surface area contributed by atoms with Gasteiger partial charge in [-0.15, -0.1) is 0 Å². The van der Waals surface area contributed by atoms with Crippen molar-refractivity contribution in [1.29, 1.82) is 0 Å². The lowest BCUT2D eigenvalue weighted by Crippen LogP contribution is -2.36. The van der Waals surface area contributed by atoms with Crippen LogP contribution in [0.25, 0.3) is 10.8 Å². The standard InChI is InChI=1S/C33H35N3O4S/c37-33(34-30-16-19-40-32-20-24(12-15-29(30)32)23-36-17-6-7-18-36)22-31(26-9-2-1-3-10-26)35-41(38,39)28-14-13-25-8-4-5-11-27(25)21-28/h1-5,8-15,20-21,30-31,35H,6-7,16-19,22-23H2,(H,34,37). The Balaban J connectivity index is 1.18. The lowest BCUT2D eigenvalue weighted by atomic mass is 9.97. The van der Waals surface area contributed by atoms with Gasteiger partial charge in [-0.2, -0.15) is 0 Å². The number of hydrogen-bond donors (Lipinski definition) is 2. The zero-order chi connectivity index (χ0) is 28.2. The summed E-state index contributed by atoms with van der Waals surface area (Å²) in [7, 11) is -3.90. The molecule has 1 fully saturated rings. The fourth-order valence-corrected chi connectivity index (χ4v) is 7.08. The molecule has 8 heteroatoms. The molecule has 2 unspecified atom stereocenters. The van der Waals surface area contributed by atoms with Gasteiger partial charge in [-0.1, -0.05) is 72.8 Å². The number of carbonyl (C=O) groups excluding carboxylic acids is 1. The van der Waals surface area contributed by atoms with Crippen molar-refractivity contribution < 1.29 is 17.9 Å². The fourth-order valence-electron chi connectivity index (χ4n) is 5.82. The molecule has 0 aromatic heterocycles. The molecule has 2 heterocycles. The maximum Gasteiger partial charge on any atom is 0.241 e. The van der Waals surface area contributed by atoms with Gasteiger partial charge in [0.15, 0.2) is 0 Å². The molecule has 0 spiro atoms. The van der Waals surface area contributed by atoms with E-state index in [9.17, 15) is 13.2 Å². The molecule has 212 valence electrons. The summed E-state index contributed by atoms with van der Waals surface area (Å²) in [5, 5.41) is 4.96. The van der Waals surface area contributed by atoms with E-state index < -0.39 is 16.1 Å². The van der Waals surface area contributed by atoms with E-state index in [1.54, 1.807) is 18.2 Å². The zero-order valence-electron chi connectivity index (χ0n) is 23.0. The molecule has 0 radical (unpaired) electrons. The second kappa shape index (κ2) is 12.0. The quantitative estimate of drug-likeness (QED) is 0.279. The lowest BCUT2D eigenvalue weighted by molar-refractivity contribution is -0.122. The van der Waals surface area contributed by atoms with Crippen LogP contribution >= 0.6 is 0 Å². The third kappa shape index (κ3) is 6.45. The average molecular weight is 570 g/mol. The first-order valence-corrected chi connectivity index (χ1v) is 15.8. The van der Waals surface area contributed by atoms with Crippen LogP contribution < -0.4 is 14.8 Å². The molecule has 2 aliphatic heterocycles. The number of sulfonamides is 1. The Bertz CT molecular complexity index is 1640. The van der Waals surface area contributed by atoms with Crippen molar-refractivity contribution in [2.75, 3.05) is 19.7 Å². The van der Waals surface area contributed by atoms with Crippen LogP contribution in [0.15, 0.2) is 95.9 Å². The third-order valence-corrected chi connectivity index (χ3v) is 9.45. The summed E-state index contributed by atoms with van der Waals surface area (Å²) < 4.78 is 35.8. The largest absolute Gasteiger partial charge is 0.493 e. The molecule has 7 nitrogen and oxygen atoms in total. The number of nitrogens with zero attached hydrogens (tertiary/aromatic N) is 1. The van der Waals surface area contributed by atoms with Gasteiger partial charge in [0, 0.05) is 24.9 Å². The molecule has 41 heavy (non-hydrogen) atoms. The normalized spacial score (nSPS) is 18.0. The van der Waals surface area contributed by atoms with E-state index >= 15 is 0 Å². The Hall–Kier alpha value is -3.72. The van der Waals surface area contributed by atoms with Gasteiger partial charge in [0.25, 0.3) is 0 Å². The first-order valence-electron chi connectivity index (χ1n) is 14.3. The molecule has 0 aliphatic carbocycles. The van der Waals surface area contributed by atoms with E-state index in [-0.39, 0.29) is 23.3 Å². The first kappa shape index (κ1) is 27.4. The molecule has 0 bridgehead atoms. The average Bonchev–Trinajstić information content (AvgIpc) is 3.50. The molecule has 4 aromatic rings. The van der Waals surface area contributed by atoms with E-state index in [2.05, 4.69) is 33.1 Å². The predicted molar refractivity (Wildman–Crippen MR) is 160 cm³/mol. The van der Waals surface area contributed by atoms with E-state index in [1.807, 2.05) is 54.6 Å². The van der Waals surface area contributed by atoms with Crippen LogP contribution in [0.3, 0.4) is 0 Å². The van der Waals surface area contributed by atoms with Crippen molar-refractivity contribution in [1.82, 2.24) is 14.9 Å². The number of nitrogens with one attached hydrogen (secondary N) is 2. The smallest absolute Gasteiger partial charge is 0.241 e. The zero-order valence-corrected chi connectivity index (χ0v) is 23.8. The minimum Gasteiger partial charge on any atom is -0.493 e. The van der Waals surface area contributed by atoms with Crippen LogP contribution in [0.4, 0.5) is 0 Å². The van der Waals surface area contributed by atoms with Crippen molar-refractivity contribution in [3.05, 3.63) is 108 Å². The number of amides is 1. The fraction of sp³-hybridized carbons (Fsp3) is 0.303. The lowest BCUT2D eigenvalue weighted by Gasteiger charge is -2.28. The number of fused-ring (bicyclic) bond motifs is 2. The van der Waals surface area contributed by atoms with E-state index in [0.29, 0.717) is 13.0 Å². The molecule has 6 rings (SSSR count). The van der Waals surface area contributed by atoms with Gasteiger partial charge in [0.1, 0.15) is 5.75 Å². The summed E-state index contributed by atoms with van der Waals surface area (Å²) in [5.41, 5.74) is 2.90. The van der Waals surface area contributed by atoms with Crippen molar-refractivity contribution in [3.8, 4) is 5.75 Å². The summed E-state index contributed by atoms with van der Waals surface area (Å²) in [5.74, 6) is 0.592. The molecule has 0 saturated carbocycles. The number of hydrogen-bond acceptors (Lipinski definition) is 5. The number of likely N-dealkylation sites (tertiary alicyclic amines) is 1. The molecule has 2 aliphatic rings. The Labute approximate surface area is 241 Å². The molecular formula is C33H35N3O4S. The second-order valence-corrected chi connectivity index (χ2v) is 12.6. The maximum absolute atomic E-state index is 13.5. The second-order valence-electron chi connectivity index (χ2n) is 10.9. The summed E-state index contributed by atoms with van der Waals surface area (Å²) in [6.07, 6.45) is 3.12. The minimum absolute atomic E-state index is 0.0312. The summed E-state index contributed by atoms with van der Waals surface area (Å²) >= 11 is 0. The van der Waals surface area contributed by atoms with Gasteiger partial charge in [-0.3, -0.25) is 9.69 Å². The summed E-state index contributed by atoms with van der Waals surface area (Å²) in [6.45, 7) is 3.68. The molecule has 2 atom stereocenters. The topological polar surface area (TPSA) is 87.7 Å². The van der Waals surface area contributed by atoms with Gasteiger partial charge in [0.2, 0.25) is 15.9 Å². The molecular weight excluding hydrogens is 534 g/mol. The van der Waals surface area contributed by atoms with Gasteiger partial charge in [-0.25, -0.2) is 13.1 Å². The summed E-state index contributed by atoms with van der Waals surface area (Å²) in [6, 6.07) is 27.3. The minimum atomic E-state index is -3.90. The van der Waals surface area contributed by atoms with E-state index in [1.165, 1.54) is 18.4 Å². The highest BCUT2D eigenvalue weighted by Crippen LogP contribution is 2.34. The van der Waals surface area contributed by atoms with Crippen molar-refractivity contribution in [2.45, 2.75) is 49.2 Å². The van der Waals surface area contributed by atoms with Crippen LogP contribution in [0.5, 0.6) is 5.75 Å². The first-order chi connectivity index (χ1) is 19.9. The van der Waals surface area contributed by atoms with Crippen molar-refractivity contribution >= 4 is 26.7 Å². The molecule has 2 N–H and O–H groups in total. The third-order valence-electron chi connectivity index (χ3n) is 7.98. The van der Waals surface area contributed by atoms with Crippen LogP contribution in [0.2, 0.25) is 0 Å². The Morgan fingerprint density at radius 2 is 1.66 bits per heavy atom. The predicted octanol–water partition coefficient (Wildman–Crippen LogP) is 5.49. The highest BCUT2D eigenvalue weighted by atomic mass is 32.2. The van der Waals surface area contributed by atoms with Crippen LogP contribution in [-0.4, -0.2) is 38.9 Å². The van der Waals surface area contributed by atoms with Gasteiger partial charge < -0.3 is 10.1 Å². The van der Waals surface area contributed by atoms with Crippen LogP contribution in [-0.2, 0) is 21.4 Å². The Kier molecular flexibility index (Phi) is 8.05. The van der Waals surface area contributed by atoms with Gasteiger partial charge in [0.05, 0.1) is 23.6 Å². The molecule has 1 amide bonds. The maximum atomic E-state index is 13.5. The number of carbonyl (C=O) groups is 1. The van der Waals surface area contributed by atoms with Crippen LogP contribution in [0, 0.1) is 0 Å². The summed E-state index contributed by atoms with van der Waals surface area (Å²) in [4.78, 5) is 16.0. The number of ether oxygens (including phenoxy) is 1. The molecule has 4 aromatic carbocycles. The highest BCUT2D eigenvalue weighted by molar-refractivity contribution is 7.89. The van der Waals surface area contributed by atoms with Crippen molar-refractivity contribution in [3.63, 3.8) is 0 Å². The SMILES string of the molecule is O=C(CC(NS(=O)(=O)c1ccc2ccccc2c1)c1ccccc1)NC1CCOc2cc(CN3CCCC3)ccc21. The molecule has 1 saturated heterocycles. The van der Waals surface area contributed by atoms with Crippen molar-refractivity contribution in [2.24, 2.45) is 0 Å². The number of rotatable bonds is 9. The van der Waals surface area contributed by atoms with Gasteiger partial charge >= 0.3 is 0 Å². The monoisotopic (exact) mass is 569 g/mol.